The average Bonchev–Trinajstić information content (AvgIpc) is 2.42. The predicted octanol–water partition coefficient (Wildman–Crippen LogP) is 1.81. The van der Waals surface area contributed by atoms with Crippen LogP contribution in [0.25, 0.3) is 0 Å². The van der Waals surface area contributed by atoms with Crippen molar-refractivity contribution in [2.45, 2.75) is 42.5 Å². The predicted molar refractivity (Wildman–Crippen MR) is 76.2 cm³/mol. The average molecular weight is 288 g/mol. The Hall–Kier alpha value is -0.360. The molecular formula is C12H20N2O2S2. The normalized spacial score (nSPS) is 37.2. The smallest absolute Gasteiger partial charge is 0.256 e. The van der Waals surface area contributed by atoms with Gasteiger partial charge in [0.15, 0.2) is 10.7 Å². The molecule has 0 saturated carbocycles. The molecule has 4 nitrogen and oxygen atoms in total. The molecular weight excluding hydrogens is 268 g/mol. The summed E-state index contributed by atoms with van der Waals surface area (Å²) in [5.74, 6) is 0.0696. The van der Waals surface area contributed by atoms with Crippen LogP contribution in [0.4, 0.5) is 0 Å². The Morgan fingerprint density at radius 3 is 1.61 bits per heavy atom. The second kappa shape index (κ2) is 4.07. The number of amides is 2. The van der Waals surface area contributed by atoms with E-state index in [1.54, 1.807) is 47.4 Å². The zero-order chi connectivity index (χ0) is 13.9. The highest BCUT2D eigenvalue weighted by Gasteiger charge is 2.56. The number of carbonyl (C=O) groups is 2. The summed E-state index contributed by atoms with van der Waals surface area (Å²) in [7, 11) is 3.46. The maximum atomic E-state index is 12.3. The molecule has 0 radical (unpaired) electrons. The van der Waals surface area contributed by atoms with Gasteiger partial charge >= 0.3 is 0 Å². The molecule has 0 aromatic carbocycles. The van der Waals surface area contributed by atoms with Gasteiger partial charge in [-0.05, 0) is 12.3 Å². The van der Waals surface area contributed by atoms with E-state index in [-0.39, 0.29) is 21.3 Å². The molecule has 2 bridgehead atoms. The Labute approximate surface area is 117 Å². The Morgan fingerprint density at radius 1 is 1.00 bits per heavy atom. The molecule has 2 amide bonds. The Bertz CT molecular complexity index is 377. The van der Waals surface area contributed by atoms with E-state index in [1.807, 2.05) is 0 Å². The van der Waals surface area contributed by atoms with Crippen molar-refractivity contribution in [2.24, 2.45) is 5.41 Å². The molecule has 3 aliphatic heterocycles. The number of likely N-dealkylation sites (N-methyl/N-ethyl adjacent to an activating group) is 2. The van der Waals surface area contributed by atoms with Crippen LogP contribution in [0, 0.1) is 5.41 Å². The van der Waals surface area contributed by atoms with Crippen LogP contribution in [-0.4, -0.2) is 50.5 Å². The molecule has 3 rings (SSSR count). The topological polar surface area (TPSA) is 40.6 Å². The second-order valence-electron chi connectivity index (χ2n) is 6.03. The van der Waals surface area contributed by atoms with E-state index in [4.69, 9.17) is 0 Å². The van der Waals surface area contributed by atoms with Crippen LogP contribution >= 0.6 is 23.5 Å². The van der Waals surface area contributed by atoms with Crippen LogP contribution < -0.4 is 0 Å². The molecule has 0 aromatic rings. The lowest BCUT2D eigenvalue weighted by molar-refractivity contribution is -0.150. The van der Waals surface area contributed by atoms with Gasteiger partial charge in [-0.3, -0.25) is 9.59 Å². The third-order valence-electron chi connectivity index (χ3n) is 3.86. The molecule has 0 N–H and O–H groups in total. The summed E-state index contributed by atoms with van der Waals surface area (Å²) in [5.41, 5.74) is 0.00968. The van der Waals surface area contributed by atoms with Crippen molar-refractivity contribution in [3.8, 4) is 0 Å². The zero-order valence-corrected chi connectivity index (χ0v) is 13.3. The highest BCUT2D eigenvalue weighted by molar-refractivity contribution is 8.19. The first-order valence-electron chi connectivity index (χ1n) is 5.97. The van der Waals surface area contributed by atoms with Crippen molar-refractivity contribution >= 4 is 35.3 Å². The molecule has 2 unspecified atom stereocenters. The van der Waals surface area contributed by atoms with Crippen molar-refractivity contribution in [3.05, 3.63) is 0 Å². The minimum absolute atomic E-state index is 0.00968. The third kappa shape index (κ3) is 1.84. The van der Waals surface area contributed by atoms with Gasteiger partial charge in [0.05, 0.1) is 4.08 Å². The first-order valence-corrected chi connectivity index (χ1v) is 7.73. The van der Waals surface area contributed by atoms with Gasteiger partial charge in [0.2, 0.25) is 0 Å². The van der Waals surface area contributed by atoms with E-state index >= 15 is 0 Å². The summed E-state index contributed by atoms with van der Waals surface area (Å²) in [4.78, 5) is 27.7. The highest BCUT2D eigenvalue weighted by atomic mass is 32.2. The first-order chi connectivity index (χ1) is 8.08. The molecule has 3 fully saturated rings. The fraction of sp³-hybridized carbons (Fsp3) is 0.833. The fourth-order valence-electron chi connectivity index (χ4n) is 1.98. The molecule has 3 saturated heterocycles. The van der Waals surface area contributed by atoms with Gasteiger partial charge in [0.1, 0.15) is 0 Å². The van der Waals surface area contributed by atoms with Crippen molar-refractivity contribution in [2.75, 3.05) is 14.1 Å². The Kier molecular flexibility index (Phi) is 3.18. The summed E-state index contributed by atoms with van der Waals surface area (Å²) in [6.07, 6.45) is 0. The van der Waals surface area contributed by atoms with E-state index in [9.17, 15) is 9.59 Å². The summed E-state index contributed by atoms with van der Waals surface area (Å²) in [6, 6.07) is 0. The SMILES string of the molecule is CN1C(=O)C2SC(C)(C(C)(C)C)SC1C(=O)N2C. The molecule has 3 heterocycles. The lowest BCUT2D eigenvalue weighted by Crippen LogP contribution is -2.58. The summed E-state index contributed by atoms with van der Waals surface area (Å²) >= 11 is 3.21. The van der Waals surface area contributed by atoms with Gasteiger partial charge in [-0.1, -0.05) is 20.8 Å². The number of hydrogen-bond donors (Lipinski definition) is 0. The highest BCUT2D eigenvalue weighted by Crippen LogP contribution is 2.57. The molecule has 18 heavy (non-hydrogen) atoms. The van der Waals surface area contributed by atoms with Crippen LogP contribution in [0.5, 0.6) is 0 Å². The maximum Gasteiger partial charge on any atom is 0.256 e. The molecule has 3 aliphatic rings. The zero-order valence-electron chi connectivity index (χ0n) is 11.7. The van der Waals surface area contributed by atoms with Crippen LogP contribution in [0.1, 0.15) is 27.7 Å². The summed E-state index contributed by atoms with van der Waals surface area (Å²) < 4.78 is -0.164. The standard InChI is InChI=1S/C12H20N2O2S2/c1-11(2,3)12(4)17-9-8(16)14(6)10(18-12)7(15)13(9)5/h9-10H,1-6H3. The van der Waals surface area contributed by atoms with Crippen LogP contribution in [0.2, 0.25) is 0 Å². The number of carbonyl (C=O) groups excluding carboxylic acids is 2. The number of hydrogen-bond acceptors (Lipinski definition) is 4. The molecule has 6 heteroatoms. The molecule has 0 spiro atoms. The van der Waals surface area contributed by atoms with E-state index in [1.165, 1.54) is 0 Å². The molecule has 0 aliphatic carbocycles. The van der Waals surface area contributed by atoms with E-state index in [0.717, 1.165) is 0 Å². The van der Waals surface area contributed by atoms with E-state index in [2.05, 4.69) is 27.7 Å². The van der Waals surface area contributed by atoms with Crippen LogP contribution in [0.3, 0.4) is 0 Å². The third-order valence-corrected chi connectivity index (χ3v) is 8.04. The van der Waals surface area contributed by atoms with Crippen molar-refractivity contribution in [1.29, 1.82) is 0 Å². The van der Waals surface area contributed by atoms with Crippen molar-refractivity contribution < 1.29 is 9.59 Å². The molecule has 0 aromatic heterocycles. The number of rotatable bonds is 0. The first kappa shape index (κ1) is 14.1. The lowest BCUT2D eigenvalue weighted by Gasteiger charge is -2.40. The summed E-state index contributed by atoms with van der Waals surface area (Å²) in [5, 5.41) is -0.782. The second-order valence-corrected chi connectivity index (χ2v) is 9.29. The van der Waals surface area contributed by atoms with Crippen molar-refractivity contribution in [3.63, 3.8) is 0 Å². The largest absolute Gasteiger partial charge is 0.322 e. The van der Waals surface area contributed by atoms with Crippen LogP contribution in [0.15, 0.2) is 0 Å². The number of piperazine rings is 1. The number of thioether (sulfide) groups is 2. The van der Waals surface area contributed by atoms with Gasteiger partial charge in [-0.15, -0.1) is 23.5 Å². The Balaban J connectivity index is 2.48. The van der Waals surface area contributed by atoms with Crippen LogP contribution in [-0.2, 0) is 9.59 Å². The van der Waals surface area contributed by atoms with E-state index < -0.39 is 10.7 Å². The molecule has 102 valence electrons. The summed E-state index contributed by atoms with van der Waals surface area (Å²) in [6.45, 7) is 8.62. The van der Waals surface area contributed by atoms with Gasteiger partial charge < -0.3 is 9.80 Å². The van der Waals surface area contributed by atoms with Gasteiger partial charge in [0, 0.05) is 14.1 Å². The monoisotopic (exact) mass is 288 g/mol. The fourth-order valence-corrected chi connectivity index (χ4v) is 5.36. The minimum Gasteiger partial charge on any atom is -0.322 e. The van der Waals surface area contributed by atoms with Gasteiger partial charge in [-0.25, -0.2) is 0 Å². The number of fused-ring (bicyclic) bond motifs is 4. The molecule has 2 atom stereocenters. The number of nitrogens with zero attached hydrogens (tertiary/aromatic N) is 2. The maximum absolute atomic E-state index is 12.3. The minimum atomic E-state index is -0.391. The van der Waals surface area contributed by atoms with E-state index in [0.29, 0.717) is 0 Å². The van der Waals surface area contributed by atoms with Gasteiger partial charge in [-0.2, -0.15) is 0 Å². The Morgan fingerprint density at radius 2 is 1.33 bits per heavy atom. The van der Waals surface area contributed by atoms with Crippen molar-refractivity contribution in [1.82, 2.24) is 9.80 Å². The quantitative estimate of drug-likeness (QED) is 0.682. The lowest BCUT2D eigenvalue weighted by atomic mass is 9.92. The van der Waals surface area contributed by atoms with Gasteiger partial charge in [0.25, 0.3) is 11.8 Å².